The number of carbonyl (C=O) groups excluding carboxylic acids is 1. The highest BCUT2D eigenvalue weighted by Crippen LogP contribution is 2.17. The Labute approximate surface area is 123 Å². The van der Waals surface area contributed by atoms with Gasteiger partial charge in [-0.2, -0.15) is 0 Å². The third kappa shape index (κ3) is 2.86. The molecule has 1 aliphatic heterocycles. The van der Waals surface area contributed by atoms with E-state index in [1.54, 1.807) is 10.6 Å². The Morgan fingerprint density at radius 2 is 2.19 bits per heavy atom. The van der Waals surface area contributed by atoms with Gasteiger partial charge in [-0.05, 0) is 30.9 Å². The van der Waals surface area contributed by atoms with Crippen LogP contribution in [0, 0.1) is 5.92 Å². The number of carbonyl (C=O) groups is 1. The Hall–Kier alpha value is -2.04. The number of aromatic nitrogens is 1. The molecule has 5 heteroatoms. The molecule has 0 bridgehead atoms. The fourth-order valence-electron chi connectivity index (χ4n) is 3.01. The molecule has 1 atom stereocenters. The third-order valence-corrected chi connectivity index (χ3v) is 4.13. The molecule has 1 aromatic heterocycles. The molecule has 0 spiro atoms. The van der Waals surface area contributed by atoms with Crippen LogP contribution in [0.3, 0.4) is 0 Å². The van der Waals surface area contributed by atoms with Gasteiger partial charge in [0.05, 0.1) is 5.52 Å². The average Bonchev–Trinajstić information content (AvgIpc) is 2.80. The van der Waals surface area contributed by atoms with Gasteiger partial charge in [-0.3, -0.25) is 9.36 Å². The second-order valence-electron chi connectivity index (χ2n) is 5.82. The summed E-state index contributed by atoms with van der Waals surface area (Å²) in [6.07, 6.45) is 2.60. The Kier molecular flexibility index (Phi) is 3.82. The van der Waals surface area contributed by atoms with Gasteiger partial charge < -0.3 is 9.32 Å². The van der Waals surface area contributed by atoms with E-state index in [4.69, 9.17) is 4.42 Å². The van der Waals surface area contributed by atoms with Gasteiger partial charge in [0.25, 0.3) is 0 Å². The van der Waals surface area contributed by atoms with Crippen LogP contribution >= 0.6 is 0 Å². The molecule has 3 rings (SSSR count). The highest BCUT2D eigenvalue weighted by atomic mass is 16.4. The molecular formula is C16H20N2O3. The Bertz CT molecular complexity index is 701. The molecule has 0 radical (unpaired) electrons. The van der Waals surface area contributed by atoms with E-state index in [0.717, 1.165) is 25.0 Å². The van der Waals surface area contributed by atoms with E-state index in [1.165, 1.54) is 6.42 Å². The lowest BCUT2D eigenvalue weighted by Crippen LogP contribution is -2.39. The zero-order valence-electron chi connectivity index (χ0n) is 12.2. The largest absolute Gasteiger partial charge is 0.419 e. The van der Waals surface area contributed by atoms with Crippen molar-refractivity contribution in [1.29, 1.82) is 0 Å². The average molecular weight is 288 g/mol. The number of piperidine rings is 1. The molecule has 0 N–H and O–H groups in total. The summed E-state index contributed by atoms with van der Waals surface area (Å²) in [5, 5.41) is 0. The third-order valence-electron chi connectivity index (χ3n) is 4.13. The summed E-state index contributed by atoms with van der Waals surface area (Å²) in [6.45, 7) is 4.22. The molecule has 0 aliphatic carbocycles. The number of hydrogen-bond donors (Lipinski definition) is 0. The Morgan fingerprint density at radius 1 is 1.38 bits per heavy atom. The van der Waals surface area contributed by atoms with Gasteiger partial charge in [0.2, 0.25) is 5.91 Å². The first kappa shape index (κ1) is 13.9. The maximum Gasteiger partial charge on any atom is 0.419 e. The van der Waals surface area contributed by atoms with E-state index < -0.39 is 5.76 Å². The van der Waals surface area contributed by atoms with Gasteiger partial charge >= 0.3 is 5.76 Å². The molecule has 0 unspecified atom stereocenters. The summed E-state index contributed by atoms with van der Waals surface area (Å²) in [4.78, 5) is 26.0. The summed E-state index contributed by atoms with van der Waals surface area (Å²) in [5.74, 6) is 0.301. The summed E-state index contributed by atoms with van der Waals surface area (Å²) in [7, 11) is 0. The molecule has 2 heterocycles. The van der Waals surface area contributed by atoms with E-state index >= 15 is 0 Å². The fraction of sp³-hybridized carbons (Fsp3) is 0.500. The van der Waals surface area contributed by atoms with E-state index in [2.05, 4.69) is 6.92 Å². The van der Waals surface area contributed by atoms with Crippen molar-refractivity contribution >= 4 is 17.0 Å². The maximum atomic E-state index is 12.3. The SMILES string of the molecule is C[C@@H]1CCCN(C(=O)CCn2c(=O)oc3ccccc32)C1. The smallest absolute Gasteiger partial charge is 0.408 e. The van der Waals surface area contributed by atoms with Crippen LogP contribution in [0.5, 0.6) is 0 Å². The Morgan fingerprint density at radius 3 is 3.00 bits per heavy atom. The van der Waals surface area contributed by atoms with Crippen LogP contribution in [0.15, 0.2) is 33.5 Å². The second kappa shape index (κ2) is 5.76. The summed E-state index contributed by atoms with van der Waals surface area (Å²) >= 11 is 0. The van der Waals surface area contributed by atoms with E-state index in [1.807, 2.05) is 23.1 Å². The fourth-order valence-corrected chi connectivity index (χ4v) is 3.01. The number of oxazole rings is 1. The minimum absolute atomic E-state index is 0.124. The number of hydrogen-bond acceptors (Lipinski definition) is 3. The second-order valence-corrected chi connectivity index (χ2v) is 5.82. The summed E-state index contributed by atoms with van der Waals surface area (Å²) < 4.78 is 6.72. The molecule has 112 valence electrons. The maximum absolute atomic E-state index is 12.3. The van der Waals surface area contributed by atoms with E-state index in [0.29, 0.717) is 24.5 Å². The van der Waals surface area contributed by atoms with Gasteiger partial charge in [0.1, 0.15) is 0 Å². The predicted molar refractivity (Wildman–Crippen MR) is 80.1 cm³/mol. The van der Waals surface area contributed by atoms with Crippen LogP contribution in [0.4, 0.5) is 0 Å². The Balaban J connectivity index is 1.70. The van der Waals surface area contributed by atoms with Crippen molar-refractivity contribution in [2.24, 2.45) is 5.92 Å². The normalized spacial score (nSPS) is 19.1. The van der Waals surface area contributed by atoms with Crippen molar-refractivity contribution in [2.75, 3.05) is 13.1 Å². The van der Waals surface area contributed by atoms with Crippen LogP contribution in [0.2, 0.25) is 0 Å². The number of benzene rings is 1. The first-order chi connectivity index (χ1) is 10.1. The predicted octanol–water partition coefficient (Wildman–Crippen LogP) is 2.24. The summed E-state index contributed by atoms with van der Waals surface area (Å²) in [5.41, 5.74) is 1.32. The van der Waals surface area contributed by atoms with E-state index in [-0.39, 0.29) is 5.91 Å². The van der Waals surface area contributed by atoms with Crippen molar-refractivity contribution in [3.05, 3.63) is 34.8 Å². The molecular weight excluding hydrogens is 268 g/mol. The molecule has 1 amide bonds. The van der Waals surface area contributed by atoms with Crippen LogP contribution < -0.4 is 5.76 Å². The van der Waals surface area contributed by atoms with Gasteiger partial charge in [-0.25, -0.2) is 4.79 Å². The van der Waals surface area contributed by atoms with Crippen molar-refractivity contribution in [3.8, 4) is 0 Å². The number of aryl methyl sites for hydroxylation is 1. The summed E-state index contributed by atoms with van der Waals surface area (Å²) in [6, 6.07) is 7.30. The highest BCUT2D eigenvalue weighted by Gasteiger charge is 2.21. The number of likely N-dealkylation sites (tertiary alicyclic amines) is 1. The number of nitrogens with zero attached hydrogens (tertiary/aromatic N) is 2. The molecule has 1 aromatic carbocycles. The lowest BCUT2D eigenvalue weighted by Gasteiger charge is -2.31. The molecule has 1 aliphatic rings. The van der Waals surface area contributed by atoms with Crippen LogP contribution in [-0.4, -0.2) is 28.5 Å². The zero-order chi connectivity index (χ0) is 14.8. The molecule has 21 heavy (non-hydrogen) atoms. The molecule has 5 nitrogen and oxygen atoms in total. The molecule has 2 aromatic rings. The topological polar surface area (TPSA) is 55.5 Å². The molecule has 1 fully saturated rings. The van der Waals surface area contributed by atoms with Crippen molar-refractivity contribution < 1.29 is 9.21 Å². The van der Waals surface area contributed by atoms with Crippen LogP contribution in [0.25, 0.3) is 11.1 Å². The van der Waals surface area contributed by atoms with Gasteiger partial charge in [-0.15, -0.1) is 0 Å². The van der Waals surface area contributed by atoms with Gasteiger partial charge in [0.15, 0.2) is 5.58 Å². The number of amides is 1. The number of para-hydroxylation sites is 2. The highest BCUT2D eigenvalue weighted by molar-refractivity contribution is 5.77. The molecule has 0 saturated carbocycles. The first-order valence-corrected chi connectivity index (χ1v) is 7.51. The quantitative estimate of drug-likeness (QED) is 0.870. The number of fused-ring (bicyclic) bond motifs is 1. The van der Waals surface area contributed by atoms with Crippen LogP contribution in [0.1, 0.15) is 26.2 Å². The molecule has 1 saturated heterocycles. The van der Waals surface area contributed by atoms with Crippen molar-refractivity contribution in [1.82, 2.24) is 9.47 Å². The minimum atomic E-state index is -0.393. The first-order valence-electron chi connectivity index (χ1n) is 7.51. The van der Waals surface area contributed by atoms with Crippen LogP contribution in [-0.2, 0) is 11.3 Å². The van der Waals surface area contributed by atoms with Crippen molar-refractivity contribution in [3.63, 3.8) is 0 Å². The van der Waals surface area contributed by atoms with Gasteiger partial charge in [0, 0.05) is 26.1 Å². The van der Waals surface area contributed by atoms with Crippen molar-refractivity contribution in [2.45, 2.75) is 32.7 Å². The lowest BCUT2D eigenvalue weighted by atomic mass is 10.00. The standard InChI is InChI=1S/C16H20N2O3/c1-12-5-4-9-17(11-12)15(19)8-10-18-13-6-2-3-7-14(13)21-16(18)20/h2-3,6-7,12H,4-5,8-11H2,1H3/t12-/m1/s1. The monoisotopic (exact) mass is 288 g/mol. The van der Waals surface area contributed by atoms with E-state index in [9.17, 15) is 9.59 Å². The lowest BCUT2D eigenvalue weighted by molar-refractivity contribution is -0.133. The number of rotatable bonds is 3. The minimum Gasteiger partial charge on any atom is -0.408 e. The zero-order valence-corrected chi connectivity index (χ0v) is 12.2. The van der Waals surface area contributed by atoms with Gasteiger partial charge in [-0.1, -0.05) is 19.1 Å².